The van der Waals surface area contributed by atoms with Gasteiger partial charge in [-0.05, 0) is 0 Å². The van der Waals surface area contributed by atoms with Crippen molar-refractivity contribution in [1.29, 1.82) is 0 Å². The Morgan fingerprint density at radius 2 is 1.94 bits per heavy atom. The summed E-state index contributed by atoms with van der Waals surface area (Å²) >= 11 is 0. The highest BCUT2D eigenvalue weighted by atomic mass is 16.5. The Morgan fingerprint density at radius 3 is 2.53 bits per heavy atom. The van der Waals surface area contributed by atoms with Gasteiger partial charge in [-0.3, -0.25) is 9.59 Å². The molecule has 92 valence electrons. The van der Waals surface area contributed by atoms with Crippen LogP contribution in [0.3, 0.4) is 0 Å². The van der Waals surface area contributed by atoms with E-state index in [0.29, 0.717) is 0 Å². The van der Waals surface area contributed by atoms with Gasteiger partial charge in [-0.25, -0.2) is 4.79 Å². The molecule has 0 aromatic carbocycles. The summed E-state index contributed by atoms with van der Waals surface area (Å²) in [5.41, 5.74) is -0.378. The van der Waals surface area contributed by atoms with E-state index in [4.69, 9.17) is 4.42 Å². The van der Waals surface area contributed by atoms with Crippen molar-refractivity contribution in [3.8, 4) is 0 Å². The molecule has 1 heterocycles. The third kappa shape index (κ3) is 3.75. The lowest BCUT2D eigenvalue weighted by atomic mass is 10.2. The second kappa shape index (κ2) is 5.83. The van der Waals surface area contributed by atoms with Crippen LogP contribution in [0.15, 0.2) is 21.3 Å². The summed E-state index contributed by atoms with van der Waals surface area (Å²) in [6.45, 7) is 0. The third-order valence-corrected chi connectivity index (χ3v) is 2.01. The number of rotatable bonds is 4. The molecule has 1 rings (SSSR count). The highest BCUT2D eigenvalue weighted by Gasteiger charge is 2.12. The molecule has 0 N–H and O–H groups in total. The average Bonchev–Trinajstić information content (AvgIpc) is 2.34. The minimum atomic E-state index is -0.734. The van der Waals surface area contributed by atoms with Crippen LogP contribution in [0.2, 0.25) is 0 Å². The molecule has 0 spiro atoms. The first kappa shape index (κ1) is 13.0. The van der Waals surface area contributed by atoms with Gasteiger partial charge in [-0.15, -0.1) is 0 Å². The number of hydrogen-bond acceptors (Lipinski definition) is 6. The molecule has 6 heteroatoms. The summed E-state index contributed by atoms with van der Waals surface area (Å²) in [6, 6.07) is 2.25. The summed E-state index contributed by atoms with van der Waals surface area (Å²) in [5.74, 6) is -1.10. The summed E-state index contributed by atoms with van der Waals surface area (Å²) in [7, 11) is 2.45. The molecular formula is C11H12O6. The van der Waals surface area contributed by atoms with Crippen molar-refractivity contribution in [2.75, 3.05) is 14.2 Å². The van der Waals surface area contributed by atoms with E-state index in [0.717, 1.165) is 6.07 Å². The van der Waals surface area contributed by atoms with E-state index in [-0.39, 0.29) is 29.8 Å². The van der Waals surface area contributed by atoms with Crippen LogP contribution in [0.25, 0.3) is 0 Å². The van der Waals surface area contributed by atoms with Crippen molar-refractivity contribution in [3.63, 3.8) is 0 Å². The summed E-state index contributed by atoms with van der Waals surface area (Å²) in [5, 5.41) is 0. The number of carbonyl (C=O) groups excluding carboxylic acids is 2. The fourth-order valence-electron chi connectivity index (χ4n) is 1.18. The zero-order valence-electron chi connectivity index (χ0n) is 9.52. The molecule has 0 amide bonds. The Bertz CT molecular complexity index is 473. The molecular weight excluding hydrogens is 228 g/mol. The maximum absolute atomic E-state index is 11.3. The molecule has 1 aromatic heterocycles. The predicted molar refractivity (Wildman–Crippen MR) is 56.7 cm³/mol. The smallest absolute Gasteiger partial charge is 0.374 e. The summed E-state index contributed by atoms with van der Waals surface area (Å²) in [4.78, 5) is 33.3. The maximum atomic E-state index is 11.3. The van der Waals surface area contributed by atoms with E-state index in [1.54, 1.807) is 0 Å². The predicted octanol–water partition coefficient (Wildman–Crippen LogP) is 0.532. The van der Waals surface area contributed by atoms with Crippen LogP contribution in [0, 0.1) is 0 Å². The van der Waals surface area contributed by atoms with Gasteiger partial charge in [-0.2, -0.15) is 0 Å². The van der Waals surface area contributed by atoms with Crippen LogP contribution in [0.5, 0.6) is 0 Å². The van der Waals surface area contributed by atoms with Crippen molar-refractivity contribution in [1.82, 2.24) is 0 Å². The maximum Gasteiger partial charge on any atom is 0.374 e. The Morgan fingerprint density at radius 1 is 1.24 bits per heavy atom. The van der Waals surface area contributed by atoms with Crippen molar-refractivity contribution >= 4 is 11.9 Å². The van der Waals surface area contributed by atoms with Crippen molar-refractivity contribution in [3.05, 3.63) is 33.9 Å². The number of carbonyl (C=O) groups is 2. The largest absolute Gasteiger partial charge is 0.469 e. The first-order valence-electron chi connectivity index (χ1n) is 4.86. The van der Waals surface area contributed by atoms with Gasteiger partial charge in [0, 0.05) is 18.6 Å². The van der Waals surface area contributed by atoms with E-state index in [2.05, 4.69) is 9.47 Å². The quantitative estimate of drug-likeness (QED) is 0.714. The van der Waals surface area contributed by atoms with Gasteiger partial charge in [0.2, 0.25) is 5.76 Å². The Labute approximate surface area is 97.1 Å². The van der Waals surface area contributed by atoms with Crippen molar-refractivity contribution < 1.29 is 23.5 Å². The Hall–Kier alpha value is -2.11. The Balaban J connectivity index is 2.86. The van der Waals surface area contributed by atoms with Gasteiger partial charge < -0.3 is 13.9 Å². The SMILES string of the molecule is COC(=O)CCc1cc(=O)cc(C(=O)OC)o1. The molecule has 0 saturated carbocycles. The van der Waals surface area contributed by atoms with Gasteiger partial charge in [0.15, 0.2) is 5.43 Å². The minimum Gasteiger partial charge on any atom is -0.469 e. The first-order chi connectivity index (χ1) is 8.06. The molecule has 0 aliphatic carbocycles. The molecule has 1 aromatic rings. The number of methoxy groups -OCH3 is 2. The highest BCUT2D eigenvalue weighted by Crippen LogP contribution is 2.06. The molecule has 0 unspecified atom stereocenters. The van der Waals surface area contributed by atoms with Gasteiger partial charge in [0.05, 0.1) is 20.6 Å². The molecule has 0 radical (unpaired) electrons. The fourth-order valence-corrected chi connectivity index (χ4v) is 1.18. The van der Waals surface area contributed by atoms with Crippen LogP contribution in [0.1, 0.15) is 22.7 Å². The van der Waals surface area contributed by atoms with Crippen LogP contribution in [-0.2, 0) is 20.7 Å². The van der Waals surface area contributed by atoms with Crippen LogP contribution >= 0.6 is 0 Å². The molecule has 17 heavy (non-hydrogen) atoms. The van der Waals surface area contributed by atoms with E-state index >= 15 is 0 Å². The lowest BCUT2D eigenvalue weighted by molar-refractivity contribution is -0.140. The average molecular weight is 240 g/mol. The van der Waals surface area contributed by atoms with Crippen molar-refractivity contribution in [2.45, 2.75) is 12.8 Å². The number of aryl methyl sites for hydroxylation is 1. The lowest BCUT2D eigenvalue weighted by Crippen LogP contribution is -2.10. The molecule has 0 aliphatic rings. The molecule has 0 saturated heterocycles. The van der Waals surface area contributed by atoms with Gasteiger partial charge in [0.25, 0.3) is 0 Å². The normalized spacial score (nSPS) is 9.76. The third-order valence-electron chi connectivity index (χ3n) is 2.01. The van der Waals surface area contributed by atoms with Crippen LogP contribution in [0.4, 0.5) is 0 Å². The number of esters is 2. The first-order valence-corrected chi connectivity index (χ1v) is 4.86. The van der Waals surface area contributed by atoms with E-state index in [1.807, 2.05) is 0 Å². The zero-order valence-corrected chi connectivity index (χ0v) is 9.52. The van der Waals surface area contributed by atoms with Gasteiger partial charge >= 0.3 is 11.9 Å². The monoisotopic (exact) mass is 240 g/mol. The fraction of sp³-hybridized carbons (Fsp3) is 0.364. The van der Waals surface area contributed by atoms with Crippen LogP contribution < -0.4 is 5.43 Å². The highest BCUT2D eigenvalue weighted by molar-refractivity contribution is 5.85. The molecule has 0 bridgehead atoms. The summed E-state index contributed by atoms with van der Waals surface area (Å²) < 4.78 is 14.0. The second-order valence-corrected chi connectivity index (χ2v) is 3.19. The van der Waals surface area contributed by atoms with Gasteiger partial charge in [0.1, 0.15) is 5.76 Å². The number of ether oxygens (including phenoxy) is 2. The van der Waals surface area contributed by atoms with E-state index in [9.17, 15) is 14.4 Å². The topological polar surface area (TPSA) is 82.8 Å². The minimum absolute atomic E-state index is 0.0735. The van der Waals surface area contributed by atoms with Crippen LogP contribution in [-0.4, -0.2) is 26.2 Å². The lowest BCUT2D eigenvalue weighted by Gasteiger charge is -2.02. The molecule has 6 nitrogen and oxygen atoms in total. The second-order valence-electron chi connectivity index (χ2n) is 3.19. The number of hydrogen-bond donors (Lipinski definition) is 0. The van der Waals surface area contributed by atoms with Crippen molar-refractivity contribution in [2.24, 2.45) is 0 Å². The molecule has 0 aliphatic heterocycles. The van der Waals surface area contributed by atoms with Gasteiger partial charge in [-0.1, -0.05) is 0 Å². The summed E-state index contributed by atoms with van der Waals surface area (Å²) in [6.07, 6.45) is 0.261. The van der Waals surface area contributed by atoms with E-state index in [1.165, 1.54) is 20.3 Å². The Kier molecular flexibility index (Phi) is 4.45. The van der Waals surface area contributed by atoms with E-state index < -0.39 is 11.9 Å². The standard InChI is InChI=1S/C11H12O6/c1-15-10(13)4-3-8-5-7(12)6-9(17-8)11(14)16-2/h5-6H,3-4H2,1-2H3. The molecule has 0 atom stereocenters. The zero-order chi connectivity index (χ0) is 12.8. The molecule has 0 fully saturated rings.